The van der Waals surface area contributed by atoms with E-state index >= 15 is 0 Å². The summed E-state index contributed by atoms with van der Waals surface area (Å²) in [5.74, 6) is 2.96. The van der Waals surface area contributed by atoms with Crippen LogP contribution in [0.15, 0.2) is 0 Å². The monoisotopic (exact) mass is 246 g/mol. The molecular weight excluding hydrogens is 224 g/mol. The van der Waals surface area contributed by atoms with Crippen LogP contribution in [0.5, 0.6) is 0 Å². The molecule has 0 N–H and O–H groups in total. The molecule has 3 unspecified atom stereocenters. The molecule has 0 spiro atoms. The van der Waals surface area contributed by atoms with E-state index in [1.165, 1.54) is 32.1 Å². The van der Waals surface area contributed by atoms with Gasteiger partial charge in [0.2, 0.25) is 0 Å². The van der Waals surface area contributed by atoms with Crippen LogP contribution in [0.1, 0.15) is 52.9 Å². The van der Waals surface area contributed by atoms with Crippen LogP contribution in [0.4, 0.5) is 0 Å². The molecule has 78 valence electrons. The average Bonchev–Trinajstić information content (AvgIpc) is 1.99. The van der Waals surface area contributed by atoms with Gasteiger partial charge in [-0.15, -0.1) is 0 Å². The molecule has 1 rings (SSSR count). The predicted molar refractivity (Wildman–Crippen MR) is 63.3 cm³/mol. The van der Waals surface area contributed by atoms with Crippen molar-refractivity contribution in [3.05, 3.63) is 0 Å². The van der Waals surface area contributed by atoms with Crippen molar-refractivity contribution in [2.75, 3.05) is 0 Å². The van der Waals surface area contributed by atoms with Crippen LogP contribution in [0, 0.1) is 17.8 Å². The maximum Gasteiger partial charge on any atom is 0.0117 e. The SMILES string of the molecule is CC(Br)CCC1CC(C)CC(C)C1. The topological polar surface area (TPSA) is 0 Å². The second-order valence-corrected chi connectivity index (χ2v) is 6.70. The molecule has 0 aromatic rings. The molecule has 13 heavy (non-hydrogen) atoms. The Bertz CT molecular complexity index is 132. The minimum absolute atomic E-state index is 0.708. The van der Waals surface area contributed by atoms with Gasteiger partial charge >= 0.3 is 0 Å². The Kier molecular flexibility index (Phi) is 4.78. The van der Waals surface area contributed by atoms with E-state index in [1.807, 2.05) is 0 Å². The Morgan fingerprint density at radius 3 is 2.15 bits per heavy atom. The van der Waals surface area contributed by atoms with Gasteiger partial charge in [0, 0.05) is 4.83 Å². The van der Waals surface area contributed by atoms with Crippen molar-refractivity contribution in [3.63, 3.8) is 0 Å². The molecule has 0 aromatic heterocycles. The van der Waals surface area contributed by atoms with Gasteiger partial charge in [-0.2, -0.15) is 0 Å². The first-order chi connectivity index (χ1) is 6.08. The van der Waals surface area contributed by atoms with E-state index in [2.05, 4.69) is 36.7 Å². The number of halogens is 1. The fourth-order valence-electron chi connectivity index (χ4n) is 2.81. The largest absolute Gasteiger partial charge is 0.0894 e. The lowest BCUT2D eigenvalue weighted by molar-refractivity contribution is 0.207. The highest BCUT2D eigenvalue weighted by molar-refractivity contribution is 9.09. The average molecular weight is 247 g/mol. The third-order valence-electron chi connectivity index (χ3n) is 3.25. The minimum atomic E-state index is 0.708. The zero-order valence-electron chi connectivity index (χ0n) is 9.22. The summed E-state index contributed by atoms with van der Waals surface area (Å²) in [6.07, 6.45) is 7.19. The third-order valence-corrected chi connectivity index (χ3v) is 3.71. The Morgan fingerprint density at radius 1 is 1.15 bits per heavy atom. The van der Waals surface area contributed by atoms with E-state index in [0.29, 0.717) is 4.83 Å². The first kappa shape index (κ1) is 11.6. The first-order valence-electron chi connectivity index (χ1n) is 5.72. The van der Waals surface area contributed by atoms with Crippen molar-refractivity contribution in [1.82, 2.24) is 0 Å². The van der Waals surface area contributed by atoms with Crippen LogP contribution in [0.2, 0.25) is 0 Å². The highest BCUT2D eigenvalue weighted by atomic mass is 79.9. The second kappa shape index (κ2) is 5.38. The van der Waals surface area contributed by atoms with E-state index in [-0.39, 0.29) is 0 Å². The second-order valence-electron chi connectivity index (χ2n) is 5.14. The molecule has 0 bridgehead atoms. The first-order valence-corrected chi connectivity index (χ1v) is 6.63. The maximum absolute atomic E-state index is 3.63. The molecule has 0 aromatic carbocycles. The molecule has 3 atom stereocenters. The van der Waals surface area contributed by atoms with Gasteiger partial charge in [-0.1, -0.05) is 36.7 Å². The van der Waals surface area contributed by atoms with E-state index < -0.39 is 0 Å². The summed E-state index contributed by atoms with van der Waals surface area (Å²) in [4.78, 5) is 0.708. The van der Waals surface area contributed by atoms with Gasteiger partial charge in [0.05, 0.1) is 0 Å². The van der Waals surface area contributed by atoms with Gasteiger partial charge in [-0.25, -0.2) is 0 Å². The highest BCUT2D eigenvalue weighted by Gasteiger charge is 2.23. The summed E-state index contributed by atoms with van der Waals surface area (Å²) in [5.41, 5.74) is 0. The lowest BCUT2D eigenvalue weighted by atomic mass is 9.75. The van der Waals surface area contributed by atoms with Crippen molar-refractivity contribution in [3.8, 4) is 0 Å². The smallest absolute Gasteiger partial charge is 0.0117 e. The molecule has 1 aliphatic carbocycles. The lowest BCUT2D eigenvalue weighted by Crippen LogP contribution is -2.20. The molecular formula is C12H23Br. The van der Waals surface area contributed by atoms with Crippen molar-refractivity contribution >= 4 is 15.9 Å². The molecule has 1 heteroatoms. The number of alkyl halides is 1. The lowest BCUT2D eigenvalue weighted by Gasteiger charge is -2.31. The van der Waals surface area contributed by atoms with E-state index in [0.717, 1.165) is 17.8 Å². The highest BCUT2D eigenvalue weighted by Crippen LogP contribution is 2.35. The molecule has 0 saturated heterocycles. The molecule has 1 aliphatic rings. The van der Waals surface area contributed by atoms with Gasteiger partial charge in [0.15, 0.2) is 0 Å². The van der Waals surface area contributed by atoms with Crippen molar-refractivity contribution in [2.24, 2.45) is 17.8 Å². The molecule has 0 heterocycles. The summed E-state index contributed by atoms with van der Waals surface area (Å²) >= 11 is 3.63. The molecule has 0 amide bonds. The van der Waals surface area contributed by atoms with Gasteiger partial charge in [0.25, 0.3) is 0 Å². The third kappa shape index (κ3) is 4.49. The molecule has 0 aliphatic heterocycles. The summed E-state index contributed by atoms with van der Waals surface area (Å²) in [7, 11) is 0. The summed E-state index contributed by atoms with van der Waals surface area (Å²) in [6, 6.07) is 0. The Hall–Kier alpha value is 0.480. The fraction of sp³-hybridized carbons (Fsp3) is 1.00. The van der Waals surface area contributed by atoms with Crippen LogP contribution in [0.3, 0.4) is 0 Å². The van der Waals surface area contributed by atoms with E-state index in [4.69, 9.17) is 0 Å². The van der Waals surface area contributed by atoms with Crippen LogP contribution in [-0.4, -0.2) is 4.83 Å². The van der Waals surface area contributed by atoms with Crippen LogP contribution in [-0.2, 0) is 0 Å². The quantitative estimate of drug-likeness (QED) is 0.638. The molecule has 1 fully saturated rings. The van der Waals surface area contributed by atoms with Gasteiger partial charge in [-0.05, 0) is 49.9 Å². The zero-order valence-corrected chi connectivity index (χ0v) is 10.8. The summed E-state index contributed by atoms with van der Waals surface area (Å²) < 4.78 is 0. The summed E-state index contributed by atoms with van der Waals surface area (Å²) in [5, 5.41) is 0. The predicted octanol–water partition coefficient (Wildman–Crippen LogP) is 4.62. The van der Waals surface area contributed by atoms with Gasteiger partial charge < -0.3 is 0 Å². The Balaban J connectivity index is 2.25. The fourth-order valence-corrected chi connectivity index (χ4v) is 3.08. The molecule has 0 radical (unpaired) electrons. The van der Waals surface area contributed by atoms with Crippen molar-refractivity contribution in [1.29, 1.82) is 0 Å². The molecule has 0 nitrogen and oxygen atoms in total. The van der Waals surface area contributed by atoms with Crippen LogP contribution < -0.4 is 0 Å². The molecule has 1 saturated carbocycles. The van der Waals surface area contributed by atoms with Gasteiger partial charge in [-0.3, -0.25) is 0 Å². The standard InChI is InChI=1S/C12H23Br/c1-9-6-10(2)8-12(7-9)5-4-11(3)13/h9-12H,4-8H2,1-3H3. The Labute approximate surface area is 91.6 Å². The van der Waals surface area contributed by atoms with Crippen molar-refractivity contribution < 1.29 is 0 Å². The van der Waals surface area contributed by atoms with Gasteiger partial charge in [0.1, 0.15) is 0 Å². The van der Waals surface area contributed by atoms with Crippen molar-refractivity contribution in [2.45, 2.75) is 57.7 Å². The number of hydrogen-bond acceptors (Lipinski definition) is 0. The Morgan fingerprint density at radius 2 is 1.69 bits per heavy atom. The maximum atomic E-state index is 3.63. The number of hydrogen-bond donors (Lipinski definition) is 0. The van der Waals surface area contributed by atoms with E-state index in [9.17, 15) is 0 Å². The summed E-state index contributed by atoms with van der Waals surface area (Å²) in [6.45, 7) is 7.09. The minimum Gasteiger partial charge on any atom is -0.0894 e. The zero-order chi connectivity index (χ0) is 9.84. The number of rotatable bonds is 3. The van der Waals surface area contributed by atoms with Crippen LogP contribution in [0.25, 0.3) is 0 Å². The normalized spacial score (nSPS) is 37.4. The van der Waals surface area contributed by atoms with Crippen LogP contribution >= 0.6 is 15.9 Å². The van der Waals surface area contributed by atoms with E-state index in [1.54, 1.807) is 0 Å².